The molecule has 1 aromatic rings. The van der Waals surface area contributed by atoms with Crippen LogP contribution in [0, 0.1) is 25.2 Å². The normalized spacial score (nSPS) is 24.4. The Kier molecular flexibility index (Phi) is 3.35. The van der Waals surface area contributed by atoms with E-state index in [9.17, 15) is 4.79 Å². The SMILES string of the molecule is Cc1nc(C)c(CNC(=O)C2CC23CCNCC3)s1. The van der Waals surface area contributed by atoms with E-state index in [-0.39, 0.29) is 11.8 Å². The van der Waals surface area contributed by atoms with Gasteiger partial charge in [-0.3, -0.25) is 4.79 Å². The number of hydrogen-bond donors (Lipinski definition) is 2. The Balaban J connectivity index is 1.54. The van der Waals surface area contributed by atoms with Gasteiger partial charge < -0.3 is 10.6 Å². The number of carbonyl (C=O) groups is 1. The van der Waals surface area contributed by atoms with E-state index in [0.717, 1.165) is 43.1 Å². The Morgan fingerprint density at radius 2 is 2.21 bits per heavy atom. The molecule has 5 heteroatoms. The summed E-state index contributed by atoms with van der Waals surface area (Å²) < 4.78 is 0. The lowest BCUT2D eigenvalue weighted by atomic mass is 9.92. The third-order valence-corrected chi connectivity index (χ3v) is 5.60. The van der Waals surface area contributed by atoms with Gasteiger partial charge in [-0.15, -0.1) is 11.3 Å². The Morgan fingerprint density at radius 3 is 2.84 bits per heavy atom. The second kappa shape index (κ2) is 4.87. The molecule has 1 amide bonds. The number of thiazole rings is 1. The molecule has 4 nitrogen and oxygen atoms in total. The summed E-state index contributed by atoms with van der Waals surface area (Å²) in [5.74, 6) is 0.497. The molecule has 1 aliphatic heterocycles. The summed E-state index contributed by atoms with van der Waals surface area (Å²) in [5.41, 5.74) is 1.38. The Morgan fingerprint density at radius 1 is 1.47 bits per heavy atom. The minimum atomic E-state index is 0.243. The zero-order valence-corrected chi connectivity index (χ0v) is 12.4. The lowest BCUT2D eigenvalue weighted by molar-refractivity contribution is -0.123. The van der Waals surface area contributed by atoms with Crippen molar-refractivity contribution in [3.8, 4) is 0 Å². The van der Waals surface area contributed by atoms with Crippen LogP contribution in [-0.4, -0.2) is 24.0 Å². The maximum atomic E-state index is 12.2. The highest BCUT2D eigenvalue weighted by atomic mass is 32.1. The van der Waals surface area contributed by atoms with Crippen LogP contribution < -0.4 is 10.6 Å². The van der Waals surface area contributed by atoms with E-state index >= 15 is 0 Å². The van der Waals surface area contributed by atoms with Gasteiger partial charge in [0, 0.05) is 10.8 Å². The van der Waals surface area contributed by atoms with E-state index in [2.05, 4.69) is 15.6 Å². The molecule has 1 unspecified atom stereocenters. The first kappa shape index (κ1) is 13.1. The third kappa shape index (κ3) is 2.54. The van der Waals surface area contributed by atoms with Crippen molar-refractivity contribution in [1.82, 2.24) is 15.6 Å². The zero-order chi connectivity index (χ0) is 13.5. The van der Waals surface area contributed by atoms with Gasteiger partial charge in [0.15, 0.2) is 0 Å². The van der Waals surface area contributed by atoms with Crippen LogP contribution in [0.15, 0.2) is 0 Å². The van der Waals surface area contributed by atoms with Crippen LogP contribution in [0.25, 0.3) is 0 Å². The van der Waals surface area contributed by atoms with Gasteiger partial charge in [0.25, 0.3) is 0 Å². The lowest BCUT2D eigenvalue weighted by Gasteiger charge is -2.23. The minimum Gasteiger partial charge on any atom is -0.351 e. The second-order valence-corrected chi connectivity index (χ2v) is 7.12. The first-order valence-corrected chi connectivity index (χ1v) is 7.84. The number of nitrogens with zero attached hydrogens (tertiary/aromatic N) is 1. The van der Waals surface area contributed by atoms with Crippen molar-refractivity contribution < 1.29 is 4.79 Å². The van der Waals surface area contributed by atoms with Crippen LogP contribution >= 0.6 is 11.3 Å². The second-order valence-electron chi connectivity index (χ2n) is 5.83. The fourth-order valence-corrected chi connectivity index (χ4v) is 4.10. The molecule has 2 heterocycles. The van der Waals surface area contributed by atoms with E-state index in [1.165, 1.54) is 4.88 Å². The fourth-order valence-electron chi connectivity index (χ4n) is 3.22. The zero-order valence-electron chi connectivity index (χ0n) is 11.6. The molecular formula is C14H21N3OS. The third-order valence-electron chi connectivity index (χ3n) is 4.53. The molecule has 1 saturated heterocycles. The molecule has 2 N–H and O–H groups in total. The van der Waals surface area contributed by atoms with Crippen LogP contribution in [0.4, 0.5) is 0 Å². The first-order chi connectivity index (χ1) is 9.11. The molecule has 19 heavy (non-hydrogen) atoms. The predicted molar refractivity (Wildman–Crippen MR) is 76.1 cm³/mol. The monoisotopic (exact) mass is 279 g/mol. The summed E-state index contributed by atoms with van der Waals surface area (Å²) in [7, 11) is 0. The molecule has 1 aliphatic carbocycles. The van der Waals surface area contributed by atoms with Gasteiger partial charge in [0.1, 0.15) is 0 Å². The largest absolute Gasteiger partial charge is 0.351 e. The molecule has 0 bridgehead atoms. The van der Waals surface area contributed by atoms with E-state index in [0.29, 0.717) is 12.0 Å². The fraction of sp³-hybridized carbons (Fsp3) is 0.714. The molecule has 1 saturated carbocycles. The Bertz CT molecular complexity index is 491. The molecule has 1 aromatic heterocycles. The highest BCUT2D eigenvalue weighted by Crippen LogP contribution is 2.58. The van der Waals surface area contributed by atoms with Gasteiger partial charge >= 0.3 is 0 Å². The van der Waals surface area contributed by atoms with Crippen LogP contribution in [0.2, 0.25) is 0 Å². The van der Waals surface area contributed by atoms with Crippen LogP contribution in [0.5, 0.6) is 0 Å². The van der Waals surface area contributed by atoms with Crippen molar-refractivity contribution in [2.24, 2.45) is 11.3 Å². The Labute approximate surface area is 118 Å². The first-order valence-electron chi connectivity index (χ1n) is 7.02. The highest BCUT2D eigenvalue weighted by molar-refractivity contribution is 7.11. The van der Waals surface area contributed by atoms with Gasteiger partial charge in [-0.05, 0) is 51.6 Å². The van der Waals surface area contributed by atoms with E-state index in [4.69, 9.17) is 0 Å². The van der Waals surface area contributed by atoms with Crippen molar-refractivity contribution in [2.75, 3.05) is 13.1 Å². The standard InChI is InChI=1S/C14H21N3OS/c1-9-12(19-10(2)17-9)8-16-13(18)11-7-14(11)3-5-15-6-4-14/h11,15H,3-8H2,1-2H3,(H,16,18). The number of carbonyl (C=O) groups excluding carboxylic acids is 1. The molecule has 0 radical (unpaired) electrons. The average Bonchev–Trinajstić information content (AvgIpc) is 2.97. The summed E-state index contributed by atoms with van der Waals surface area (Å²) in [6.07, 6.45) is 3.40. The van der Waals surface area contributed by atoms with Crippen LogP contribution in [-0.2, 0) is 11.3 Å². The van der Waals surface area contributed by atoms with Gasteiger partial charge in [0.2, 0.25) is 5.91 Å². The Hall–Kier alpha value is -0.940. The molecule has 1 atom stereocenters. The minimum absolute atomic E-state index is 0.243. The molecule has 1 spiro atoms. The molecule has 2 fully saturated rings. The van der Waals surface area contributed by atoms with Gasteiger partial charge in [-0.25, -0.2) is 4.98 Å². The van der Waals surface area contributed by atoms with Crippen LogP contribution in [0.3, 0.4) is 0 Å². The average molecular weight is 279 g/mol. The summed E-state index contributed by atoms with van der Waals surface area (Å²) in [5, 5.41) is 7.54. The number of rotatable bonds is 3. The molecule has 3 rings (SSSR count). The smallest absolute Gasteiger partial charge is 0.223 e. The van der Waals surface area contributed by atoms with Crippen molar-refractivity contribution in [3.05, 3.63) is 15.6 Å². The lowest BCUT2D eigenvalue weighted by Crippen LogP contribution is -2.33. The summed E-state index contributed by atoms with van der Waals surface area (Å²) in [6, 6.07) is 0. The highest BCUT2D eigenvalue weighted by Gasteiger charge is 2.57. The van der Waals surface area contributed by atoms with Crippen molar-refractivity contribution >= 4 is 17.2 Å². The van der Waals surface area contributed by atoms with Crippen molar-refractivity contribution in [3.63, 3.8) is 0 Å². The van der Waals surface area contributed by atoms with Gasteiger partial charge in [0.05, 0.1) is 17.2 Å². The maximum Gasteiger partial charge on any atom is 0.223 e. The number of hydrogen-bond acceptors (Lipinski definition) is 4. The summed E-state index contributed by atoms with van der Waals surface area (Å²) >= 11 is 1.68. The molecule has 2 aliphatic rings. The van der Waals surface area contributed by atoms with E-state index in [1.807, 2.05) is 13.8 Å². The number of nitrogens with one attached hydrogen (secondary N) is 2. The summed E-state index contributed by atoms with van der Waals surface area (Å²) in [4.78, 5) is 17.8. The number of aromatic nitrogens is 1. The van der Waals surface area contributed by atoms with Gasteiger partial charge in [-0.1, -0.05) is 0 Å². The van der Waals surface area contributed by atoms with Crippen molar-refractivity contribution in [2.45, 2.75) is 39.7 Å². The number of aryl methyl sites for hydroxylation is 2. The molecule has 0 aromatic carbocycles. The predicted octanol–water partition coefficient (Wildman–Crippen LogP) is 1.77. The van der Waals surface area contributed by atoms with Crippen molar-refractivity contribution in [1.29, 1.82) is 0 Å². The van der Waals surface area contributed by atoms with E-state index < -0.39 is 0 Å². The van der Waals surface area contributed by atoms with Gasteiger partial charge in [-0.2, -0.15) is 0 Å². The maximum absolute atomic E-state index is 12.2. The quantitative estimate of drug-likeness (QED) is 0.886. The summed E-state index contributed by atoms with van der Waals surface area (Å²) in [6.45, 7) is 6.79. The van der Waals surface area contributed by atoms with E-state index in [1.54, 1.807) is 11.3 Å². The van der Waals surface area contributed by atoms with Crippen LogP contribution in [0.1, 0.15) is 34.8 Å². The molecule has 104 valence electrons. The number of piperidine rings is 1. The number of amides is 1. The molecular weight excluding hydrogens is 258 g/mol. The topological polar surface area (TPSA) is 54.0 Å².